The van der Waals surface area contributed by atoms with Crippen LogP contribution in [-0.2, 0) is 0 Å². The molecule has 2 nitrogen and oxygen atoms in total. The van der Waals surface area contributed by atoms with Gasteiger partial charge in [-0.05, 0) is 31.0 Å². The Morgan fingerprint density at radius 2 is 2.17 bits per heavy atom. The van der Waals surface area contributed by atoms with Crippen LogP contribution in [0, 0.1) is 17.7 Å². The Kier molecular flexibility index (Phi) is 4.46. The lowest BCUT2D eigenvalue weighted by Gasteiger charge is -2.27. The van der Waals surface area contributed by atoms with E-state index in [1.165, 1.54) is 12.1 Å². The zero-order chi connectivity index (χ0) is 13.1. The highest BCUT2D eigenvalue weighted by Crippen LogP contribution is 2.27. The quantitative estimate of drug-likeness (QED) is 0.905. The molecule has 1 aliphatic rings. The van der Waals surface area contributed by atoms with E-state index < -0.39 is 0 Å². The van der Waals surface area contributed by atoms with Crippen LogP contribution in [0.15, 0.2) is 18.2 Å². The van der Waals surface area contributed by atoms with E-state index in [9.17, 15) is 4.39 Å². The molecule has 1 aromatic carbocycles. The monoisotopic (exact) mass is 271 g/mol. The van der Waals surface area contributed by atoms with Gasteiger partial charge in [0, 0.05) is 23.6 Å². The predicted molar refractivity (Wildman–Crippen MR) is 71.6 cm³/mol. The summed E-state index contributed by atoms with van der Waals surface area (Å²) in [5.41, 5.74) is 0. The molecule has 2 atom stereocenters. The standard InChI is InChI=1S/C14H19ClFNO/c1-9(2)14(10-3-4-17-8-10)18-13-6-11(15)5-12(16)7-13/h5-7,9-10,14,17H,3-4,8H2,1-2H3/t10?,14-/m1/s1. The Morgan fingerprint density at radius 3 is 2.72 bits per heavy atom. The molecule has 100 valence electrons. The lowest BCUT2D eigenvalue weighted by molar-refractivity contribution is 0.0970. The molecular formula is C14H19ClFNO. The normalized spacial score (nSPS) is 21.3. The average molecular weight is 272 g/mol. The van der Waals surface area contributed by atoms with E-state index in [2.05, 4.69) is 19.2 Å². The summed E-state index contributed by atoms with van der Waals surface area (Å²) in [5, 5.41) is 3.71. The van der Waals surface area contributed by atoms with Crippen LogP contribution in [0.5, 0.6) is 5.75 Å². The summed E-state index contributed by atoms with van der Waals surface area (Å²) >= 11 is 5.84. The van der Waals surface area contributed by atoms with Gasteiger partial charge in [-0.3, -0.25) is 0 Å². The van der Waals surface area contributed by atoms with Crippen LogP contribution >= 0.6 is 11.6 Å². The zero-order valence-electron chi connectivity index (χ0n) is 10.7. The lowest BCUT2D eigenvalue weighted by atomic mass is 9.92. The van der Waals surface area contributed by atoms with Crippen molar-refractivity contribution in [3.05, 3.63) is 29.0 Å². The number of benzene rings is 1. The molecule has 0 spiro atoms. The summed E-state index contributed by atoms with van der Waals surface area (Å²) in [6.45, 7) is 6.25. The Hall–Kier alpha value is -0.800. The van der Waals surface area contributed by atoms with E-state index in [4.69, 9.17) is 16.3 Å². The smallest absolute Gasteiger partial charge is 0.128 e. The highest BCUT2D eigenvalue weighted by Gasteiger charge is 2.29. The first-order chi connectivity index (χ1) is 8.56. The molecular weight excluding hydrogens is 253 g/mol. The van der Waals surface area contributed by atoms with Crippen molar-refractivity contribution in [2.75, 3.05) is 13.1 Å². The second-order valence-corrected chi connectivity index (χ2v) is 5.62. The fourth-order valence-corrected chi connectivity index (χ4v) is 2.70. The highest BCUT2D eigenvalue weighted by molar-refractivity contribution is 6.30. The van der Waals surface area contributed by atoms with Crippen molar-refractivity contribution in [3.63, 3.8) is 0 Å². The molecule has 0 aromatic heterocycles. The van der Waals surface area contributed by atoms with Gasteiger partial charge < -0.3 is 10.1 Å². The highest BCUT2D eigenvalue weighted by atomic mass is 35.5. The van der Waals surface area contributed by atoms with Gasteiger partial charge in [0.05, 0.1) is 0 Å². The van der Waals surface area contributed by atoms with Crippen LogP contribution < -0.4 is 10.1 Å². The maximum Gasteiger partial charge on any atom is 0.128 e. The summed E-state index contributed by atoms with van der Waals surface area (Å²) in [6, 6.07) is 4.35. The molecule has 0 bridgehead atoms. The van der Waals surface area contributed by atoms with E-state index in [-0.39, 0.29) is 11.9 Å². The fourth-order valence-electron chi connectivity index (χ4n) is 2.49. The SMILES string of the molecule is CC(C)[C@@H](Oc1cc(F)cc(Cl)c1)C1CCNC1. The van der Waals surface area contributed by atoms with Crippen LogP contribution in [0.25, 0.3) is 0 Å². The number of nitrogens with one attached hydrogen (secondary N) is 1. The number of hydrogen-bond donors (Lipinski definition) is 1. The van der Waals surface area contributed by atoms with Gasteiger partial charge >= 0.3 is 0 Å². The third-order valence-electron chi connectivity index (χ3n) is 3.33. The Labute approximate surface area is 112 Å². The molecule has 1 fully saturated rings. The minimum Gasteiger partial charge on any atom is -0.490 e. The molecule has 0 amide bonds. The molecule has 2 rings (SSSR count). The van der Waals surface area contributed by atoms with E-state index >= 15 is 0 Å². The first-order valence-electron chi connectivity index (χ1n) is 6.39. The topological polar surface area (TPSA) is 21.3 Å². The first kappa shape index (κ1) is 13.6. The van der Waals surface area contributed by atoms with Gasteiger partial charge in [0.2, 0.25) is 0 Å². The van der Waals surface area contributed by atoms with E-state index in [0.29, 0.717) is 22.6 Å². The van der Waals surface area contributed by atoms with Crippen molar-refractivity contribution in [1.29, 1.82) is 0 Å². The Morgan fingerprint density at radius 1 is 1.39 bits per heavy atom. The first-order valence-corrected chi connectivity index (χ1v) is 6.77. The van der Waals surface area contributed by atoms with Gasteiger partial charge in [-0.2, -0.15) is 0 Å². The van der Waals surface area contributed by atoms with Crippen molar-refractivity contribution < 1.29 is 9.13 Å². The minimum atomic E-state index is -0.357. The molecule has 1 aromatic rings. The molecule has 18 heavy (non-hydrogen) atoms. The average Bonchev–Trinajstić information content (AvgIpc) is 2.77. The van der Waals surface area contributed by atoms with Gasteiger partial charge in [0.15, 0.2) is 0 Å². The second-order valence-electron chi connectivity index (χ2n) is 5.18. The Balaban J connectivity index is 2.12. The van der Waals surface area contributed by atoms with Crippen LogP contribution in [0.2, 0.25) is 5.02 Å². The summed E-state index contributed by atoms with van der Waals surface area (Å²) < 4.78 is 19.2. The summed E-state index contributed by atoms with van der Waals surface area (Å²) in [5.74, 6) is 1.03. The molecule has 1 saturated heterocycles. The van der Waals surface area contributed by atoms with Crippen molar-refractivity contribution in [2.45, 2.75) is 26.4 Å². The number of ether oxygens (including phenoxy) is 1. The van der Waals surface area contributed by atoms with Gasteiger partial charge in [-0.25, -0.2) is 4.39 Å². The van der Waals surface area contributed by atoms with Crippen LogP contribution in [0.3, 0.4) is 0 Å². The molecule has 0 saturated carbocycles. The van der Waals surface area contributed by atoms with Crippen LogP contribution in [0.1, 0.15) is 20.3 Å². The molecule has 1 heterocycles. The van der Waals surface area contributed by atoms with E-state index in [1.54, 1.807) is 6.07 Å². The summed E-state index contributed by atoms with van der Waals surface area (Å²) in [7, 11) is 0. The molecule has 1 aliphatic heterocycles. The zero-order valence-corrected chi connectivity index (χ0v) is 11.5. The maximum atomic E-state index is 13.3. The molecule has 1 N–H and O–H groups in total. The van der Waals surface area contributed by atoms with Gasteiger partial charge in [-0.15, -0.1) is 0 Å². The van der Waals surface area contributed by atoms with Crippen LogP contribution in [0.4, 0.5) is 4.39 Å². The Bertz CT molecular complexity index is 385. The van der Waals surface area contributed by atoms with E-state index in [0.717, 1.165) is 19.5 Å². The van der Waals surface area contributed by atoms with Gasteiger partial charge in [-0.1, -0.05) is 25.4 Å². The second kappa shape index (κ2) is 5.89. The number of hydrogen-bond acceptors (Lipinski definition) is 2. The number of halogens is 2. The molecule has 0 aliphatic carbocycles. The molecule has 0 radical (unpaired) electrons. The fraction of sp³-hybridized carbons (Fsp3) is 0.571. The predicted octanol–water partition coefficient (Wildman–Crippen LogP) is 3.49. The largest absolute Gasteiger partial charge is 0.490 e. The third kappa shape index (κ3) is 3.36. The minimum absolute atomic E-state index is 0.0952. The lowest BCUT2D eigenvalue weighted by Crippen LogP contribution is -2.33. The van der Waals surface area contributed by atoms with Crippen molar-refractivity contribution in [3.8, 4) is 5.75 Å². The van der Waals surface area contributed by atoms with Gasteiger partial charge in [0.1, 0.15) is 17.7 Å². The number of rotatable bonds is 4. The van der Waals surface area contributed by atoms with Crippen LogP contribution in [-0.4, -0.2) is 19.2 Å². The van der Waals surface area contributed by atoms with Crippen molar-refractivity contribution >= 4 is 11.6 Å². The third-order valence-corrected chi connectivity index (χ3v) is 3.55. The maximum absolute atomic E-state index is 13.3. The summed E-state index contributed by atoms with van der Waals surface area (Å²) in [4.78, 5) is 0. The molecule has 4 heteroatoms. The van der Waals surface area contributed by atoms with Crippen molar-refractivity contribution in [2.24, 2.45) is 11.8 Å². The van der Waals surface area contributed by atoms with Crippen molar-refractivity contribution in [1.82, 2.24) is 5.32 Å². The van der Waals surface area contributed by atoms with Gasteiger partial charge in [0.25, 0.3) is 0 Å². The van der Waals surface area contributed by atoms with E-state index in [1.807, 2.05) is 0 Å². The molecule has 1 unspecified atom stereocenters. The summed E-state index contributed by atoms with van der Waals surface area (Å²) in [6.07, 6.45) is 1.20.